The number of rotatable bonds is 2. The van der Waals surface area contributed by atoms with Gasteiger partial charge in [-0.25, -0.2) is 9.18 Å². The number of amides is 4. The highest BCUT2D eigenvalue weighted by Crippen LogP contribution is 2.32. The Kier molecular flexibility index (Phi) is 2.65. The third kappa shape index (κ3) is 1.58. The van der Waals surface area contributed by atoms with Crippen LogP contribution < -0.4 is 5.32 Å². The fourth-order valence-corrected chi connectivity index (χ4v) is 2.08. The average molecular weight is 228 g/mol. The molecule has 0 spiro atoms. The molecule has 6 heteroatoms. The molecule has 0 radical (unpaired) electrons. The lowest BCUT2D eigenvalue weighted by atomic mass is 9.79. The molecule has 0 aromatic carbocycles. The Morgan fingerprint density at radius 1 is 1.38 bits per heavy atom. The predicted octanol–water partition coefficient (Wildman–Crippen LogP) is 0.591. The molecule has 0 aromatic rings. The number of hydrogen-bond acceptors (Lipinski definition) is 3. The Bertz CT molecular complexity index is 354. The second kappa shape index (κ2) is 3.84. The molecule has 1 aliphatic carbocycles. The zero-order valence-electron chi connectivity index (χ0n) is 8.90. The van der Waals surface area contributed by atoms with Crippen molar-refractivity contribution in [2.45, 2.75) is 38.4 Å². The minimum Gasteiger partial charge on any atom is -0.275 e. The summed E-state index contributed by atoms with van der Waals surface area (Å²) in [4.78, 5) is 34.7. The maximum Gasteiger partial charge on any atom is 0.331 e. The number of urea groups is 1. The maximum atomic E-state index is 13.2. The van der Waals surface area contributed by atoms with Gasteiger partial charge < -0.3 is 0 Å². The van der Waals surface area contributed by atoms with E-state index in [9.17, 15) is 18.8 Å². The second-order valence-corrected chi connectivity index (χ2v) is 4.30. The predicted molar refractivity (Wildman–Crippen MR) is 52.1 cm³/mol. The van der Waals surface area contributed by atoms with Crippen molar-refractivity contribution in [2.24, 2.45) is 5.92 Å². The van der Waals surface area contributed by atoms with E-state index in [1.54, 1.807) is 6.92 Å². The number of nitrogens with zero attached hydrogens (tertiary/aromatic N) is 1. The van der Waals surface area contributed by atoms with Crippen molar-refractivity contribution in [3.05, 3.63) is 0 Å². The molecule has 2 atom stereocenters. The number of hydrogen-bond donors (Lipinski definition) is 1. The second-order valence-electron chi connectivity index (χ2n) is 4.30. The quantitative estimate of drug-likeness (QED) is 0.703. The molecule has 1 saturated carbocycles. The van der Waals surface area contributed by atoms with Gasteiger partial charge in [-0.2, -0.15) is 0 Å². The molecule has 2 rings (SSSR count). The zero-order valence-corrected chi connectivity index (χ0v) is 8.90. The van der Waals surface area contributed by atoms with Gasteiger partial charge in [0.15, 0.2) is 0 Å². The lowest BCUT2D eigenvalue weighted by molar-refractivity contribution is -0.146. The summed E-state index contributed by atoms with van der Waals surface area (Å²) >= 11 is 0. The number of alkyl halides is 1. The van der Waals surface area contributed by atoms with Gasteiger partial charge in [-0.3, -0.25) is 19.8 Å². The number of imide groups is 2. The summed E-state index contributed by atoms with van der Waals surface area (Å²) in [6.07, 6.45) is 0.684. The third-order valence-electron chi connectivity index (χ3n) is 3.37. The standard InChI is InChI=1S/C10H13FN2O3/c1-5(6-3-2-4-6)13-9(15)7(11)8(14)12-10(13)16/h5-7H,2-4H2,1H3,(H,12,14,16). The lowest BCUT2D eigenvalue weighted by Gasteiger charge is -2.39. The SMILES string of the molecule is CC(C1CCC1)N1C(=O)NC(=O)C(F)C1=O. The van der Waals surface area contributed by atoms with Crippen LogP contribution in [0.4, 0.5) is 9.18 Å². The van der Waals surface area contributed by atoms with Gasteiger partial charge in [0.1, 0.15) is 0 Å². The van der Waals surface area contributed by atoms with Crippen molar-refractivity contribution in [2.75, 3.05) is 0 Å². The van der Waals surface area contributed by atoms with Crippen LogP contribution in [-0.4, -0.2) is 35.0 Å². The normalized spacial score (nSPS) is 28.8. The Labute approximate surface area is 92.0 Å². The fourth-order valence-electron chi connectivity index (χ4n) is 2.08. The van der Waals surface area contributed by atoms with Crippen LogP contribution in [0.15, 0.2) is 0 Å². The van der Waals surface area contributed by atoms with Gasteiger partial charge in [-0.1, -0.05) is 6.42 Å². The van der Waals surface area contributed by atoms with Crippen molar-refractivity contribution in [1.29, 1.82) is 0 Å². The topological polar surface area (TPSA) is 66.5 Å². The highest BCUT2D eigenvalue weighted by atomic mass is 19.1. The fraction of sp³-hybridized carbons (Fsp3) is 0.700. The number of halogens is 1. The molecule has 1 heterocycles. The van der Waals surface area contributed by atoms with Crippen molar-refractivity contribution < 1.29 is 18.8 Å². The molecular formula is C10H13FN2O3. The summed E-state index contributed by atoms with van der Waals surface area (Å²) in [5.41, 5.74) is 0. The zero-order chi connectivity index (χ0) is 11.9. The highest BCUT2D eigenvalue weighted by molar-refractivity contribution is 6.18. The summed E-state index contributed by atoms with van der Waals surface area (Å²) in [6.45, 7) is 1.71. The van der Waals surface area contributed by atoms with Crippen LogP contribution in [0.25, 0.3) is 0 Å². The lowest BCUT2D eigenvalue weighted by Crippen LogP contribution is -2.63. The summed E-state index contributed by atoms with van der Waals surface area (Å²) in [5.74, 6) is -1.96. The summed E-state index contributed by atoms with van der Waals surface area (Å²) < 4.78 is 13.2. The third-order valence-corrected chi connectivity index (χ3v) is 3.37. The molecule has 0 aromatic heterocycles. The van der Waals surface area contributed by atoms with Crippen LogP contribution in [-0.2, 0) is 9.59 Å². The Hall–Kier alpha value is -1.46. The smallest absolute Gasteiger partial charge is 0.275 e. The minimum absolute atomic E-state index is 0.232. The summed E-state index contributed by atoms with van der Waals surface area (Å²) in [6, 6.07) is -1.14. The molecular weight excluding hydrogens is 215 g/mol. The summed E-state index contributed by atoms with van der Waals surface area (Å²) in [7, 11) is 0. The number of carbonyl (C=O) groups is 3. The van der Waals surface area contributed by atoms with E-state index in [4.69, 9.17) is 0 Å². The highest BCUT2D eigenvalue weighted by Gasteiger charge is 2.45. The molecule has 88 valence electrons. The van der Waals surface area contributed by atoms with Crippen LogP contribution in [0.2, 0.25) is 0 Å². The first-order chi connectivity index (χ1) is 7.52. The van der Waals surface area contributed by atoms with E-state index in [-0.39, 0.29) is 12.0 Å². The Morgan fingerprint density at radius 3 is 2.50 bits per heavy atom. The van der Waals surface area contributed by atoms with Gasteiger partial charge in [0, 0.05) is 6.04 Å². The first-order valence-electron chi connectivity index (χ1n) is 5.34. The first kappa shape index (κ1) is 11.0. The molecule has 5 nitrogen and oxygen atoms in total. The Balaban J connectivity index is 2.15. The Morgan fingerprint density at radius 2 is 2.00 bits per heavy atom. The molecule has 4 amide bonds. The van der Waals surface area contributed by atoms with E-state index < -0.39 is 24.0 Å². The van der Waals surface area contributed by atoms with Crippen molar-refractivity contribution in [1.82, 2.24) is 10.2 Å². The molecule has 2 unspecified atom stereocenters. The van der Waals surface area contributed by atoms with Crippen LogP contribution >= 0.6 is 0 Å². The molecule has 1 saturated heterocycles. The van der Waals surface area contributed by atoms with Crippen molar-refractivity contribution in [3.8, 4) is 0 Å². The molecule has 2 aliphatic rings. The van der Waals surface area contributed by atoms with Gasteiger partial charge in [0.25, 0.3) is 18.0 Å². The van der Waals surface area contributed by atoms with Crippen molar-refractivity contribution in [3.63, 3.8) is 0 Å². The minimum atomic E-state index is -2.25. The number of nitrogens with one attached hydrogen (secondary N) is 1. The van der Waals surface area contributed by atoms with E-state index in [0.29, 0.717) is 0 Å². The van der Waals surface area contributed by atoms with Crippen LogP contribution in [0.1, 0.15) is 26.2 Å². The van der Waals surface area contributed by atoms with E-state index in [0.717, 1.165) is 24.2 Å². The van der Waals surface area contributed by atoms with Crippen LogP contribution in [0.5, 0.6) is 0 Å². The summed E-state index contributed by atoms with van der Waals surface area (Å²) in [5, 5.41) is 1.85. The van der Waals surface area contributed by atoms with Gasteiger partial charge >= 0.3 is 6.03 Å². The van der Waals surface area contributed by atoms with Gasteiger partial charge in [-0.05, 0) is 25.7 Å². The van der Waals surface area contributed by atoms with Crippen molar-refractivity contribution >= 4 is 17.8 Å². The molecule has 2 fully saturated rings. The van der Waals surface area contributed by atoms with E-state index >= 15 is 0 Å². The van der Waals surface area contributed by atoms with Gasteiger partial charge in [0.2, 0.25) is 0 Å². The molecule has 1 N–H and O–H groups in total. The van der Waals surface area contributed by atoms with E-state index in [1.165, 1.54) is 0 Å². The maximum absolute atomic E-state index is 13.2. The van der Waals surface area contributed by atoms with Crippen LogP contribution in [0.3, 0.4) is 0 Å². The van der Waals surface area contributed by atoms with Gasteiger partial charge in [-0.15, -0.1) is 0 Å². The largest absolute Gasteiger partial charge is 0.331 e. The molecule has 1 aliphatic heterocycles. The molecule has 0 bridgehead atoms. The van der Waals surface area contributed by atoms with E-state index in [2.05, 4.69) is 0 Å². The monoisotopic (exact) mass is 228 g/mol. The van der Waals surface area contributed by atoms with Crippen LogP contribution in [0, 0.1) is 5.92 Å². The van der Waals surface area contributed by atoms with Gasteiger partial charge in [0.05, 0.1) is 0 Å². The number of barbiturate groups is 1. The molecule has 16 heavy (non-hydrogen) atoms. The first-order valence-corrected chi connectivity index (χ1v) is 5.34. The average Bonchev–Trinajstić information content (AvgIpc) is 2.11. The number of carbonyl (C=O) groups excluding carboxylic acids is 3. The van der Waals surface area contributed by atoms with E-state index in [1.807, 2.05) is 5.32 Å².